The van der Waals surface area contributed by atoms with Gasteiger partial charge in [-0.1, -0.05) is 36.4 Å². The van der Waals surface area contributed by atoms with E-state index in [0.29, 0.717) is 11.1 Å². The maximum Gasteiger partial charge on any atom is 0.313 e. The number of nitrogens with one attached hydrogen (secondary N) is 1. The van der Waals surface area contributed by atoms with E-state index in [2.05, 4.69) is 0 Å². The molecule has 0 fully saturated rings. The van der Waals surface area contributed by atoms with Gasteiger partial charge in [0.2, 0.25) is 0 Å². The molecule has 0 unspecified atom stereocenters. The Morgan fingerprint density at radius 3 is 2.52 bits per heavy atom. The number of benzene rings is 2. The number of nitro groups is 1. The summed E-state index contributed by atoms with van der Waals surface area (Å²) in [5.41, 5.74) is 7.39. The molecule has 108 valence electrons. The van der Waals surface area contributed by atoms with Crippen LogP contribution in [0.4, 0.5) is 5.69 Å². The van der Waals surface area contributed by atoms with Crippen LogP contribution in [0.15, 0.2) is 42.5 Å². The Labute approximate surface area is 121 Å². The van der Waals surface area contributed by atoms with Crippen LogP contribution in [0.2, 0.25) is 0 Å². The van der Waals surface area contributed by atoms with Gasteiger partial charge in [0.25, 0.3) is 0 Å². The summed E-state index contributed by atoms with van der Waals surface area (Å²) in [6, 6.07) is 12.0. The number of aryl methyl sites for hydroxylation is 1. The maximum atomic E-state index is 11.1. The number of hydrogen-bond donors (Lipinski definition) is 2. The highest BCUT2D eigenvalue weighted by molar-refractivity contribution is 5.94. The molecular weight excluding hydrogens is 270 g/mol. The molecule has 3 N–H and O–H groups in total. The molecular formula is C15H15N3O3. The van der Waals surface area contributed by atoms with Crippen molar-refractivity contribution in [1.82, 2.24) is 0 Å². The molecule has 2 rings (SSSR count). The second kappa shape index (κ2) is 6.04. The van der Waals surface area contributed by atoms with E-state index in [4.69, 9.17) is 15.9 Å². The second-order valence-electron chi connectivity index (χ2n) is 4.58. The fraction of sp³-hybridized carbons (Fsp3) is 0.133. The first-order valence-electron chi connectivity index (χ1n) is 6.29. The Balaban J connectivity index is 2.15. The normalized spacial score (nSPS) is 10.1. The lowest BCUT2D eigenvalue weighted by Gasteiger charge is -2.08. The summed E-state index contributed by atoms with van der Waals surface area (Å²) in [5, 5.41) is 18.4. The number of nitrogens with two attached hydrogens (primary N) is 1. The molecule has 0 aliphatic rings. The highest BCUT2D eigenvalue weighted by Crippen LogP contribution is 2.30. The van der Waals surface area contributed by atoms with E-state index in [0.717, 1.165) is 5.56 Å². The van der Waals surface area contributed by atoms with Crippen molar-refractivity contribution in [2.75, 3.05) is 0 Å². The Morgan fingerprint density at radius 2 is 1.95 bits per heavy atom. The van der Waals surface area contributed by atoms with Gasteiger partial charge in [-0.05, 0) is 18.6 Å². The predicted molar refractivity (Wildman–Crippen MR) is 79.6 cm³/mol. The zero-order valence-corrected chi connectivity index (χ0v) is 11.5. The van der Waals surface area contributed by atoms with Gasteiger partial charge in [-0.15, -0.1) is 0 Å². The zero-order valence-electron chi connectivity index (χ0n) is 11.5. The molecule has 0 aromatic heterocycles. The topological polar surface area (TPSA) is 102 Å². The third-order valence-corrected chi connectivity index (χ3v) is 3.04. The second-order valence-corrected chi connectivity index (χ2v) is 4.58. The lowest BCUT2D eigenvalue weighted by atomic mass is 10.1. The van der Waals surface area contributed by atoms with Crippen LogP contribution in [-0.2, 0) is 6.61 Å². The first-order chi connectivity index (χ1) is 9.99. The Kier molecular flexibility index (Phi) is 4.18. The van der Waals surface area contributed by atoms with Crippen molar-refractivity contribution >= 4 is 11.5 Å². The minimum atomic E-state index is -0.441. The summed E-state index contributed by atoms with van der Waals surface area (Å²) in [6.45, 7) is 1.88. The van der Waals surface area contributed by atoms with Gasteiger partial charge < -0.3 is 10.5 Å². The van der Waals surface area contributed by atoms with Gasteiger partial charge in [-0.2, -0.15) is 0 Å². The molecule has 0 aliphatic carbocycles. The number of hydrogen-bond acceptors (Lipinski definition) is 4. The van der Waals surface area contributed by atoms with E-state index in [9.17, 15) is 10.1 Å². The fourth-order valence-electron chi connectivity index (χ4n) is 1.92. The number of para-hydroxylation sites is 1. The number of nitrogens with zero attached hydrogens (tertiary/aromatic N) is 1. The summed E-state index contributed by atoms with van der Waals surface area (Å²) in [7, 11) is 0. The smallest absolute Gasteiger partial charge is 0.313 e. The molecule has 0 aliphatic heterocycles. The highest BCUT2D eigenvalue weighted by atomic mass is 16.6. The monoisotopic (exact) mass is 285 g/mol. The first kappa shape index (κ1) is 14.5. The largest absolute Gasteiger partial charge is 0.482 e. The lowest BCUT2D eigenvalue weighted by Crippen LogP contribution is -2.10. The van der Waals surface area contributed by atoms with Crippen LogP contribution in [0.1, 0.15) is 16.7 Å². The summed E-state index contributed by atoms with van der Waals surface area (Å²) in [4.78, 5) is 10.6. The molecule has 0 radical (unpaired) electrons. The van der Waals surface area contributed by atoms with Crippen LogP contribution < -0.4 is 10.5 Å². The van der Waals surface area contributed by atoms with E-state index in [1.807, 2.05) is 0 Å². The molecule has 0 saturated heterocycles. The molecule has 6 heteroatoms. The molecule has 0 spiro atoms. The molecule has 0 saturated carbocycles. The molecule has 0 heterocycles. The third-order valence-electron chi connectivity index (χ3n) is 3.04. The molecule has 0 amide bonds. The highest BCUT2D eigenvalue weighted by Gasteiger charge is 2.17. The standard InChI is InChI=1S/C15H15N3O3/c1-10-3-2-4-13(14(10)18(19)20)21-9-11-5-7-12(8-6-11)15(16)17/h2-8H,9H2,1H3,(H3,16,17). The van der Waals surface area contributed by atoms with Crippen LogP contribution in [0.25, 0.3) is 0 Å². The first-order valence-corrected chi connectivity index (χ1v) is 6.29. The average Bonchev–Trinajstić information content (AvgIpc) is 2.45. The number of rotatable bonds is 5. The summed E-state index contributed by atoms with van der Waals surface area (Å²) in [5.74, 6) is 0.243. The van der Waals surface area contributed by atoms with Crippen LogP contribution in [0.5, 0.6) is 5.75 Å². The summed E-state index contributed by atoms with van der Waals surface area (Å²) in [6.07, 6.45) is 0. The SMILES string of the molecule is Cc1cccc(OCc2ccc(C(=N)N)cc2)c1[N+](=O)[O-]. The van der Waals surface area contributed by atoms with Crippen molar-refractivity contribution in [3.8, 4) is 5.75 Å². The molecule has 0 atom stereocenters. The number of nitrogen functional groups attached to an aromatic ring is 1. The maximum absolute atomic E-state index is 11.1. The van der Waals surface area contributed by atoms with Crippen molar-refractivity contribution in [3.63, 3.8) is 0 Å². The van der Waals surface area contributed by atoms with Crippen LogP contribution in [0.3, 0.4) is 0 Å². The quantitative estimate of drug-likeness (QED) is 0.381. The fourth-order valence-corrected chi connectivity index (χ4v) is 1.92. The van der Waals surface area contributed by atoms with Gasteiger partial charge in [0, 0.05) is 11.1 Å². The van der Waals surface area contributed by atoms with Crippen LogP contribution >= 0.6 is 0 Å². The number of amidine groups is 1. The van der Waals surface area contributed by atoms with Gasteiger partial charge in [0.1, 0.15) is 12.4 Å². The minimum Gasteiger partial charge on any atom is -0.482 e. The number of nitro benzene ring substituents is 1. The van der Waals surface area contributed by atoms with Gasteiger partial charge in [0.05, 0.1) is 4.92 Å². The van der Waals surface area contributed by atoms with E-state index in [1.54, 1.807) is 49.4 Å². The van der Waals surface area contributed by atoms with Crippen molar-refractivity contribution in [2.45, 2.75) is 13.5 Å². The lowest BCUT2D eigenvalue weighted by molar-refractivity contribution is -0.386. The van der Waals surface area contributed by atoms with E-state index in [1.165, 1.54) is 0 Å². The van der Waals surface area contributed by atoms with Crippen molar-refractivity contribution in [2.24, 2.45) is 5.73 Å². The van der Waals surface area contributed by atoms with Crippen LogP contribution in [0, 0.1) is 22.4 Å². The molecule has 2 aromatic rings. The molecule has 2 aromatic carbocycles. The van der Waals surface area contributed by atoms with Crippen molar-refractivity contribution in [1.29, 1.82) is 5.41 Å². The van der Waals surface area contributed by atoms with Gasteiger partial charge >= 0.3 is 5.69 Å². The summed E-state index contributed by atoms with van der Waals surface area (Å²) < 4.78 is 5.54. The Bertz CT molecular complexity index is 681. The molecule has 6 nitrogen and oxygen atoms in total. The van der Waals surface area contributed by atoms with Crippen LogP contribution in [-0.4, -0.2) is 10.8 Å². The Morgan fingerprint density at radius 1 is 1.29 bits per heavy atom. The minimum absolute atomic E-state index is 0.00297. The third kappa shape index (κ3) is 3.36. The van der Waals surface area contributed by atoms with E-state index >= 15 is 0 Å². The molecule has 0 bridgehead atoms. The molecule has 21 heavy (non-hydrogen) atoms. The van der Waals surface area contributed by atoms with E-state index in [-0.39, 0.29) is 23.9 Å². The van der Waals surface area contributed by atoms with Gasteiger partial charge in [-0.25, -0.2) is 0 Å². The van der Waals surface area contributed by atoms with Gasteiger partial charge in [-0.3, -0.25) is 15.5 Å². The van der Waals surface area contributed by atoms with Crippen molar-refractivity contribution in [3.05, 3.63) is 69.3 Å². The number of ether oxygens (including phenoxy) is 1. The Hall–Kier alpha value is -2.89. The van der Waals surface area contributed by atoms with E-state index < -0.39 is 4.92 Å². The average molecular weight is 285 g/mol. The zero-order chi connectivity index (χ0) is 15.4. The van der Waals surface area contributed by atoms with Crippen molar-refractivity contribution < 1.29 is 9.66 Å². The summed E-state index contributed by atoms with van der Waals surface area (Å²) >= 11 is 0. The van der Waals surface area contributed by atoms with Gasteiger partial charge in [0.15, 0.2) is 5.75 Å². The predicted octanol–water partition coefficient (Wildman–Crippen LogP) is 2.77.